The highest BCUT2D eigenvalue weighted by Gasteiger charge is 2.44. The lowest BCUT2D eigenvalue weighted by molar-refractivity contribution is -0.0580. The molecule has 0 aromatic heterocycles. The minimum atomic E-state index is -0.707. The molecular weight excluding hydrogens is 307 g/mol. The summed E-state index contributed by atoms with van der Waals surface area (Å²) in [6.45, 7) is 6.95. The summed E-state index contributed by atoms with van der Waals surface area (Å²) in [5.74, 6) is 0.0263. The number of Topliss-reactive ketones (excluding diaryl/α,β-unsaturated/α-hetero) is 1. The number of hydrogen-bond acceptors (Lipinski definition) is 2. The van der Waals surface area contributed by atoms with Crippen LogP contribution in [0.5, 0.6) is 0 Å². The number of halogens is 2. The predicted octanol–water partition coefficient (Wildman–Crippen LogP) is 5.55. The van der Waals surface area contributed by atoms with Gasteiger partial charge in [0.05, 0.1) is 10.0 Å². The van der Waals surface area contributed by atoms with Crippen LogP contribution >= 0.6 is 23.2 Å². The number of hydrogen-bond donors (Lipinski definition) is 0. The standard InChI is InChI=1S/C17H22Cl2O2/c1-4-21-17(9-7-16(2,3)8-10-17)15(20)12-5-6-13(18)14(19)11-12/h5-6,11H,4,7-10H2,1-3H3. The molecule has 0 radical (unpaired) electrons. The van der Waals surface area contributed by atoms with Crippen LogP contribution in [0.25, 0.3) is 0 Å². The topological polar surface area (TPSA) is 26.3 Å². The fourth-order valence-electron chi connectivity index (χ4n) is 2.94. The lowest BCUT2D eigenvalue weighted by Gasteiger charge is -2.42. The molecule has 0 spiro atoms. The molecular formula is C17H22Cl2O2. The van der Waals surface area contributed by atoms with Gasteiger partial charge in [0.25, 0.3) is 0 Å². The van der Waals surface area contributed by atoms with Gasteiger partial charge in [-0.15, -0.1) is 0 Å². The maximum absolute atomic E-state index is 13.0. The van der Waals surface area contributed by atoms with Gasteiger partial charge < -0.3 is 4.74 Å². The molecule has 0 amide bonds. The van der Waals surface area contributed by atoms with Gasteiger partial charge in [-0.2, -0.15) is 0 Å². The first-order chi connectivity index (χ1) is 9.80. The molecule has 0 atom stereocenters. The van der Waals surface area contributed by atoms with Crippen molar-refractivity contribution < 1.29 is 9.53 Å². The minimum absolute atomic E-state index is 0.0263. The predicted molar refractivity (Wildman–Crippen MR) is 87.4 cm³/mol. The summed E-state index contributed by atoms with van der Waals surface area (Å²) in [7, 11) is 0. The van der Waals surface area contributed by atoms with Crippen molar-refractivity contribution in [3.63, 3.8) is 0 Å². The average Bonchev–Trinajstić information content (AvgIpc) is 2.44. The van der Waals surface area contributed by atoms with Gasteiger partial charge >= 0.3 is 0 Å². The van der Waals surface area contributed by atoms with Crippen LogP contribution in [0, 0.1) is 5.41 Å². The van der Waals surface area contributed by atoms with E-state index >= 15 is 0 Å². The molecule has 2 rings (SSSR count). The minimum Gasteiger partial charge on any atom is -0.367 e. The fourth-order valence-corrected chi connectivity index (χ4v) is 3.24. The molecule has 0 N–H and O–H groups in total. The summed E-state index contributed by atoms with van der Waals surface area (Å²) in [6, 6.07) is 5.05. The molecule has 21 heavy (non-hydrogen) atoms. The molecule has 116 valence electrons. The van der Waals surface area contributed by atoms with Crippen LogP contribution in [0.2, 0.25) is 10.0 Å². The highest BCUT2D eigenvalue weighted by molar-refractivity contribution is 6.42. The van der Waals surface area contributed by atoms with E-state index in [4.69, 9.17) is 27.9 Å². The molecule has 1 fully saturated rings. The molecule has 1 aromatic rings. The summed E-state index contributed by atoms with van der Waals surface area (Å²) < 4.78 is 5.92. The Labute approximate surface area is 136 Å². The van der Waals surface area contributed by atoms with E-state index in [0.717, 1.165) is 25.7 Å². The van der Waals surface area contributed by atoms with Gasteiger partial charge in [-0.3, -0.25) is 4.79 Å². The lowest BCUT2D eigenvalue weighted by atomic mass is 9.68. The van der Waals surface area contributed by atoms with Crippen LogP contribution in [0.3, 0.4) is 0 Å². The lowest BCUT2D eigenvalue weighted by Crippen LogP contribution is -2.46. The molecule has 4 heteroatoms. The van der Waals surface area contributed by atoms with Crippen molar-refractivity contribution in [3.8, 4) is 0 Å². The summed E-state index contributed by atoms with van der Waals surface area (Å²) in [5, 5.41) is 0.869. The normalized spacial score (nSPS) is 20.2. The number of carbonyl (C=O) groups excluding carboxylic acids is 1. The Morgan fingerprint density at radius 2 is 1.76 bits per heavy atom. The van der Waals surface area contributed by atoms with E-state index in [1.807, 2.05) is 6.92 Å². The van der Waals surface area contributed by atoms with Crippen molar-refractivity contribution in [1.29, 1.82) is 0 Å². The van der Waals surface area contributed by atoms with Crippen LogP contribution in [-0.4, -0.2) is 18.0 Å². The highest BCUT2D eigenvalue weighted by Crippen LogP contribution is 2.43. The van der Waals surface area contributed by atoms with Crippen molar-refractivity contribution in [2.75, 3.05) is 6.61 Å². The third-order valence-corrected chi connectivity index (χ3v) is 5.17. The van der Waals surface area contributed by atoms with Crippen LogP contribution in [-0.2, 0) is 4.74 Å². The molecule has 2 nitrogen and oxygen atoms in total. The Bertz CT molecular complexity index is 528. The molecule has 0 aliphatic heterocycles. The summed E-state index contributed by atoms with van der Waals surface area (Å²) >= 11 is 12.0. The summed E-state index contributed by atoms with van der Waals surface area (Å²) in [4.78, 5) is 13.0. The molecule has 1 aromatic carbocycles. The zero-order valence-corrected chi connectivity index (χ0v) is 14.4. The molecule has 0 saturated heterocycles. The number of ether oxygens (including phenoxy) is 1. The average molecular weight is 329 g/mol. The monoisotopic (exact) mass is 328 g/mol. The van der Waals surface area contributed by atoms with Crippen LogP contribution < -0.4 is 0 Å². The van der Waals surface area contributed by atoms with Crippen LogP contribution in [0.15, 0.2) is 18.2 Å². The number of carbonyl (C=O) groups is 1. The Morgan fingerprint density at radius 1 is 1.14 bits per heavy atom. The quantitative estimate of drug-likeness (QED) is 0.677. The number of ketones is 1. The van der Waals surface area contributed by atoms with Crippen LogP contribution in [0.4, 0.5) is 0 Å². The van der Waals surface area contributed by atoms with E-state index in [9.17, 15) is 4.79 Å². The largest absolute Gasteiger partial charge is 0.367 e. The first kappa shape index (κ1) is 16.8. The first-order valence-corrected chi connectivity index (χ1v) is 8.19. The Balaban J connectivity index is 2.29. The first-order valence-electron chi connectivity index (χ1n) is 7.43. The highest BCUT2D eigenvalue weighted by atomic mass is 35.5. The zero-order chi connectivity index (χ0) is 15.7. The van der Waals surface area contributed by atoms with Gasteiger partial charge in [0.15, 0.2) is 5.78 Å². The zero-order valence-electron chi connectivity index (χ0n) is 12.8. The van der Waals surface area contributed by atoms with Crippen LogP contribution in [0.1, 0.15) is 56.8 Å². The Hall–Kier alpha value is -0.570. The van der Waals surface area contributed by atoms with Gasteiger partial charge in [-0.1, -0.05) is 37.0 Å². The van der Waals surface area contributed by atoms with E-state index in [-0.39, 0.29) is 11.2 Å². The second-order valence-corrected chi connectivity index (χ2v) is 7.36. The van der Waals surface area contributed by atoms with Gasteiger partial charge in [-0.25, -0.2) is 0 Å². The van der Waals surface area contributed by atoms with Gasteiger partial charge in [0.1, 0.15) is 5.60 Å². The summed E-state index contributed by atoms with van der Waals surface area (Å²) in [6.07, 6.45) is 3.49. The molecule has 0 heterocycles. The van der Waals surface area contributed by atoms with Crippen molar-refractivity contribution >= 4 is 29.0 Å². The molecule has 1 saturated carbocycles. The Morgan fingerprint density at radius 3 is 2.29 bits per heavy atom. The third kappa shape index (κ3) is 3.61. The van der Waals surface area contributed by atoms with Gasteiger partial charge in [-0.05, 0) is 56.2 Å². The molecule has 0 bridgehead atoms. The summed E-state index contributed by atoms with van der Waals surface area (Å²) in [5.41, 5.74) is 0.150. The fraction of sp³-hybridized carbons (Fsp3) is 0.588. The van der Waals surface area contributed by atoms with Crippen molar-refractivity contribution in [2.24, 2.45) is 5.41 Å². The van der Waals surface area contributed by atoms with E-state index in [1.54, 1.807) is 18.2 Å². The molecule has 0 unspecified atom stereocenters. The number of rotatable bonds is 4. The number of benzene rings is 1. The second kappa shape index (κ2) is 6.28. The second-order valence-electron chi connectivity index (χ2n) is 6.55. The maximum atomic E-state index is 13.0. The van der Waals surface area contributed by atoms with E-state index < -0.39 is 5.60 Å². The van der Waals surface area contributed by atoms with Crippen molar-refractivity contribution in [2.45, 2.75) is 52.1 Å². The van der Waals surface area contributed by atoms with Crippen molar-refractivity contribution in [1.82, 2.24) is 0 Å². The van der Waals surface area contributed by atoms with E-state index in [1.165, 1.54) is 0 Å². The third-order valence-electron chi connectivity index (χ3n) is 4.43. The Kier molecular flexibility index (Phi) is 5.02. The molecule has 1 aliphatic carbocycles. The van der Waals surface area contributed by atoms with Crippen molar-refractivity contribution in [3.05, 3.63) is 33.8 Å². The smallest absolute Gasteiger partial charge is 0.194 e. The van der Waals surface area contributed by atoms with Gasteiger partial charge in [0, 0.05) is 12.2 Å². The SMILES string of the molecule is CCOC1(C(=O)c2ccc(Cl)c(Cl)c2)CCC(C)(C)CC1. The van der Waals surface area contributed by atoms with Gasteiger partial charge in [0.2, 0.25) is 0 Å². The van der Waals surface area contributed by atoms with E-state index in [0.29, 0.717) is 22.2 Å². The molecule has 1 aliphatic rings. The van der Waals surface area contributed by atoms with E-state index in [2.05, 4.69) is 13.8 Å². The maximum Gasteiger partial charge on any atom is 0.194 e.